The lowest BCUT2D eigenvalue weighted by molar-refractivity contribution is 1.03. The summed E-state index contributed by atoms with van der Waals surface area (Å²) >= 11 is 0. The second-order valence-electron chi connectivity index (χ2n) is 7.37. The lowest BCUT2D eigenvalue weighted by atomic mass is 9.98. The summed E-state index contributed by atoms with van der Waals surface area (Å²) in [6.07, 6.45) is 11.1. The Morgan fingerprint density at radius 2 is 1.84 bits per heavy atom. The molecule has 5 heteroatoms. The zero-order chi connectivity index (χ0) is 21.5. The number of rotatable bonds is 7. The number of aryl methyl sites for hydroxylation is 1. The minimum Gasteiger partial charge on any atom is -0.344 e. The van der Waals surface area contributed by atoms with Crippen molar-refractivity contribution in [2.75, 3.05) is 5.32 Å². The Morgan fingerprint density at radius 1 is 0.903 bits per heavy atom. The van der Waals surface area contributed by atoms with E-state index in [2.05, 4.69) is 63.6 Å². The van der Waals surface area contributed by atoms with Crippen LogP contribution in [0.3, 0.4) is 0 Å². The monoisotopic (exact) mass is 407 g/mol. The van der Waals surface area contributed by atoms with Gasteiger partial charge in [-0.3, -0.25) is 4.98 Å². The van der Waals surface area contributed by atoms with E-state index >= 15 is 0 Å². The molecule has 0 aliphatic carbocycles. The van der Waals surface area contributed by atoms with Gasteiger partial charge >= 0.3 is 0 Å². The topological polar surface area (TPSA) is 63.6 Å². The molecule has 154 valence electrons. The first kappa shape index (κ1) is 20.4. The van der Waals surface area contributed by atoms with Gasteiger partial charge in [-0.2, -0.15) is 10.2 Å². The van der Waals surface area contributed by atoms with Crippen LogP contribution in [0.2, 0.25) is 0 Å². The number of aromatic nitrogens is 4. The maximum atomic E-state index is 4.59. The van der Waals surface area contributed by atoms with Gasteiger partial charge in [0.1, 0.15) is 5.82 Å². The molecule has 5 nitrogen and oxygen atoms in total. The molecule has 3 heterocycles. The minimum absolute atomic E-state index is 0.813. The van der Waals surface area contributed by atoms with Crippen LogP contribution in [0, 0.1) is 6.92 Å². The normalized spacial score (nSPS) is 11.4. The molecule has 0 saturated carbocycles. The van der Waals surface area contributed by atoms with Gasteiger partial charge in [0, 0.05) is 35.6 Å². The summed E-state index contributed by atoms with van der Waals surface area (Å²) in [7, 11) is 0. The molecule has 0 bridgehead atoms. The third-order valence-electron chi connectivity index (χ3n) is 5.04. The summed E-state index contributed by atoms with van der Waals surface area (Å²) in [5.41, 5.74) is 7.80. The van der Waals surface area contributed by atoms with Crippen molar-refractivity contribution in [2.24, 2.45) is 0 Å². The van der Waals surface area contributed by atoms with Crippen LogP contribution in [-0.2, 0) is 6.42 Å². The van der Waals surface area contributed by atoms with Crippen molar-refractivity contribution in [1.82, 2.24) is 20.2 Å². The molecule has 0 aliphatic rings. The second kappa shape index (κ2) is 9.76. The number of hydrogen-bond acceptors (Lipinski definition) is 5. The van der Waals surface area contributed by atoms with Gasteiger partial charge in [-0.1, -0.05) is 37.3 Å². The summed E-state index contributed by atoms with van der Waals surface area (Å²) in [5.74, 6) is 0.829. The van der Waals surface area contributed by atoms with Crippen LogP contribution in [0.1, 0.15) is 24.5 Å². The van der Waals surface area contributed by atoms with E-state index in [9.17, 15) is 0 Å². The van der Waals surface area contributed by atoms with E-state index in [1.165, 1.54) is 16.7 Å². The van der Waals surface area contributed by atoms with E-state index in [4.69, 9.17) is 0 Å². The highest BCUT2D eigenvalue weighted by molar-refractivity contribution is 5.66. The smallest absolute Gasteiger partial charge is 0.130 e. The summed E-state index contributed by atoms with van der Waals surface area (Å²) in [4.78, 5) is 8.97. The first-order valence-electron chi connectivity index (χ1n) is 10.4. The van der Waals surface area contributed by atoms with Gasteiger partial charge in [-0.25, -0.2) is 4.98 Å². The first-order valence-corrected chi connectivity index (χ1v) is 10.4. The fourth-order valence-electron chi connectivity index (χ4n) is 3.56. The molecule has 0 unspecified atom stereocenters. The molecule has 0 amide bonds. The maximum absolute atomic E-state index is 4.59. The molecule has 1 N–H and O–H groups in total. The van der Waals surface area contributed by atoms with Crippen molar-refractivity contribution in [3.63, 3.8) is 0 Å². The van der Waals surface area contributed by atoms with Crippen molar-refractivity contribution in [2.45, 2.75) is 26.7 Å². The predicted molar refractivity (Wildman–Crippen MR) is 125 cm³/mol. The molecule has 0 aliphatic heterocycles. The fourth-order valence-corrected chi connectivity index (χ4v) is 3.56. The van der Waals surface area contributed by atoms with Gasteiger partial charge in [0.25, 0.3) is 0 Å². The number of allylic oxidation sites excluding steroid dienone is 2. The van der Waals surface area contributed by atoms with Crippen LogP contribution >= 0.6 is 0 Å². The zero-order valence-corrected chi connectivity index (χ0v) is 17.8. The van der Waals surface area contributed by atoms with Crippen LogP contribution in [0.15, 0.2) is 91.2 Å². The molecule has 0 fully saturated rings. The van der Waals surface area contributed by atoms with Crippen LogP contribution in [0.4, 0.5) is 5.82 Å². The van der Waals surface area contributed by atoms with Crippen LogP contribution in [-0.4, -0.2) is 20.2 Å². The molecule has 31 heavy (non-hydrogen) atoms. The molecule has 0 saturated heterocycles. The van der Waals surface area contributed by atoms with E-state index in [-0.39, 0.29) is 0 Å². The quantitative estimate of drug-likeness (QED) is 0.416. The van der Waals surface area contributed by atoms with E-state index < -0.39 is 0 Å². The zero-order valence-electron chi connectivity index (χ0n) is 17.8. The Morgan fingerprint density at radius 3 is 2.52 bits per heavy atom. The second-order valence-corrected chi connectivity index (χ2v) is 7.37. The molecule has 0 spiro atoms. The maximum Gasteiger partial charge on any atom is 0.130 e. The average Bonchev–Trinajstić information content (AvgIpc) is 2.81. The van der Waals surface area contributed by atoms with Gasteiger partial charge in [0.15, 0.2) is 0 Å². The Bertz CT molecular complexity index is 1150. The fraction of sp³-hybridized carbons (Fsp3) is 0.154. The largest absolute Gasteiger partial charge is 0.344 e. The number of hydrogen-bond donors (Lipinski definition) is 1. The van der Waals surface area contributed by atoms with E-state index in [1.807, 2.05) is 42.6 Å². The SMILES string of the molecule is CCC=C(Cc1ccc(-c2ccnnc2)c(C)c1)Nc1ccc(-c2ccccn2)cn1. The highest BCUT2D eigenvalue weighted by Gasteiger charge is 2.07. The highest BCUT2D eigenvalue weighted by atomic mass is 15.1. The first-order chi connectivity index (χ1) is 15.2. The lowest BCUT2D eigenvalue weighted by Gasteiger charge is -2.13. The molecule has 4 rings (SSSR count). The standard InChI is InChI=1S/C26H25N5/c1-3-6-23(31-26-11-9-22(17-28-26)25-7-4-5-13-27-25)16-20-8-10-24(19(2)15-20)21-12-14-29-30-18-21/h4-15,17-18H,3,16H2,1-2H3,(H,28,31). The lowest BCUT2D eigenvalue weighted by Crippen LogP contribution is -2.05. The molecule has 3 aromatic heterocycles. The Kier molecular flexibility index (Phi) is 6.43. The molecule has 0 radical (unpaired) electrons. The summed E-state index contributed by atoms with van der Waals surface area (Å²) < 4.78 is 0. The number of anilines is 1. The number of nitrogens with zero attached hydrogens (tertiary/aromatic N) is 4. The Hall–Kier alpha value is -3.86. The number of nitrogens with one attached hydrogen (secondary N) is 1. The summed E-state index contributed by atoms with van der Waals surface area (Å²) in [5, 5.41) is 11.3. The van der Waals surface area contributed by atoms with Gasteiger partial charge in [-0.05, 0) is 60.4 Å². The van der Waals surface area contributed by atoms with Crippen LogP contribution in [0.25, 0.3) is 22.4 Å². The molecule has 0 atom stereocenters. The molecule has 1 aromatic carbocycles. The van der Waals surface area contributed by atoms with Crippen LogP contribution in [0.5, 0.6) is 0 Å². The Labute approximate surface area is 182 Å². The van der Waals surface area contributed by atoms with Crippen LogP contribution < -0.4 is 5.32 Å². The summed E-state index contributed by atoms with van der Waals surface area (Å²) in [6, 6.07) is 18.5. The number of pyridine rings is 2. The van der Waals surface area contributed by atoms with Crippen molar-refractivity contribution in [1.29, 1.82) is 0 Å². The van der Waals surface area contributed by atoms with Crippen molar-refractivity contribution >= 4 is 5.82 Å². The molecular formula is C26H25N5. The highest BCUT2D eigenvalue weighted by Crippen LogP contribution is 2.25. The Balaban J connectivity index is 1.48. The van der Waals surface area contributed by atoms with Crippen molar-refractivity contribution < 1.29 is 0 Å². The minimum atomic E-state index is 0.813. The van der Waals surface area contributed by atoms with E-state index in [0.29, 0.717) is 0 Å². The van der Waals surface area contributed by atoms with Gasteiger partial charge in [0.05, 0.1) is 18.1 Å². The average molecular weight is 408 g/mol. The van der Waals surface area contributed by atoms with Crippen molar-refractivity contribution in [3.05, 3.63) is 102 Å². The third kappa shape index (κ3) is 5.20. The van der Waals surface area contributed by atoms with Crippen molar-refractivity contribution in [3.8, 4) is 22.4 Å². The summed E-state index contributed by atoms with van der Waals surface area (Å²) in [6.45, 7) is 4.28. The van der Waals surface area contributed by atoms with E-state index in [1.54, 1.807) is 18.6 Å². The number of benzene rings is 1. The molecule has 4 aromatic rings. The molecular weight excluding hydrogens is 382 g/mol. The third-order valence-corrected chi connectivity index (χ3v) is 5.04. The van der Waals surface area contributed by atoms with E-state index in [0.717, 1.165) is 41.2 Å². The van der Waals surface area contributed by atoms with Gasteiger partial charge in [-0.15, -0.1) is 0 Å². The predicted octanol–water partition coefficient (Wildman–Crippen LogP) is 5.86. The van der Waals surface area contributed by atoms with Gasteiger partial charge < -0.3 is 5.32 Å². The van der Waals surface area contributed by atoms with Gasteiger partial charge in [0.2, 0.25) is 0 Å².